The molecule has 2 heterocycles. The number of hydrogen-bond acceptors (Lipinski definition) is 5. The smallest absolute Gasteiger partial charge is 0.227 e. The molecule has 3 aromatic rings. The summed E-state index contributed by atoms with van der Waals surface area (Å²) in [4.78, 5) is 11.9. The van der Waals surface area contributed by atoms with Crippen LogP contribution in [0.4, 0.5) is 11.8 Å². The minimum atomic E-state index is 0.582. The Labute approximate surface area is 181 Å². The molecule has 1 aliphatic rings. The number of nitrogens with one attached hydrogen (secondary N) is 1. The first-order chi connectivity index (χ1) is 14.0. The lowest BCUT2D eigenvalue weighted by Gasteiger charge is -2.30. The topological polar surface area (TPSA) is 50.3 Å². The van der Waals surface area contributed by atoms with Gasteiger partial charge in [-0.25, -0.2) is 4.98 Å². The minimum Gasteiger partial charge on any atom is -0.495 e. The highest BCUT2D eigenvalue weighted by atomic mass is 35.5. The van der Waals surface area contributed by atoms with Crippen LogP contribution < -0.4 is 15.0 Å². The first kappa shape index (κ1) is 20.0. The number of anilines is 2. The van der Waals surface area contributed by atoms with Gasteiger partial charge in [-0.05, 0) is 54.7 Å². The van der Waals surface area contributed by atoms with E-state index in [-0.39, 0.29) is 0 Å². The van der Waals surface area contributed by atoms with Crippen LogP contribution in [0.3, 0.4) is 0 Å². The number of benzene rings is 2. The molecular weight excluding hydrogens is 407 g/mol. The molecule has 0 spiro atoms. The fraction of sp³-hybridized carbons (Fsp3) is 0.364. The molecule has 0 saturated carbocycles. The summed E-state index contributed by atoms with van der Waals surface area (Å²) in [6.45, 7) is 4.84. The lowest BCUT2D eigenvalue weighted by Crippen LogP contribution is -2.34. The van der Waals surface area contributed by atoms with Gasteiger partial charge < -0.3 is 15.0 Å². The predicted octanol–water partition coefficient (Wildman–Crippen LogP) is 5.79. The number of nitrogens with zero attached hydrogens (tertiary/aromatic N) is 3. The van der Waals surface area contributed by atoms with Crippen molar-refractivity contribution in [3.8, 4) is 5.75 Å². The van der Waals surface area contributed by atoms with E-state index in [2.05, 4.69) is 17.1 Å². The molecule has 1 N–H and O–H groups in total. The van der Waals surface area contributed by atoms with E-state index < -0.39 is 0 Å². The van der Waals surface area contributed by atoms with Crippen molar-refractivity contribution in [3.05, 3.63) is 52.0 Å². The molecule has 4 rings (SSSR count). The maximum absolute atomic E-state index is 6.26. The minimum absolute atomic E-state index is 0.582. The average Bonchev–Trinajstić information content (AvgIpc) is 2.72. The fourth-order valence-corrected chi connectivity index (χ4v) is 4.03. The monoisotopic (exact) mass is 430 g/mol. The second-order valence-corrected chi connectivity index (χ2v) is 8.37. The van der Waals surface area contributed by atoms with E-state index in [4.69, 9.17) is 37.9 Å². The number of ether oxygens (including phenoxy) is 1. The summed E-state index contributed by atoms with van der Waals surface area (Å²) in [6.07, 6.45) is 2.32. The maximum atomic E-state index is 6.26. The molecule has 1 aromatic heterocycles. The zero-order chi connectivity index (χ0) is 20.4. The fourth-order valence-electron chi connectivity index (χ4n) is 3.58. The van der Waals surface area contributed by atoms with E-state index in [1.165, 1.54) is 0 Å². The van der Waals surface area contributed by atoms with Crippen LogP contribution in [0.15, 0.2) is 36.4 Å². The molecule has 0 unspecified atom stereocenters. The van der Waals surface area contributed by atoms with Crippen LogP contribution >= 0.6 is 23.2 Å². The van der Waals surface area contributed by atoms with E-state index in [1.54, 1.807) is 7.11 Å². The third-order valence-corrected chi connectivity index (χ3v) is 5.92. The van der Waals surface area contributed by atoms with Crippen molar-refractivity contribution >= 4 is 45.9 Å². The van der Waals surface area contributed by atoms with E-state index in [0.717, 1.165) is 60.1 Å². The highest BCUT2D eigenvalue weighted by Crippen LogP contribution is 2.30. The zero-order valence-corrected chi connectivity index (χ0v) is 18.1. The van der Waals surface area contributed by atoms with Gasteiger partial charge in [-0.15, -0.1) is 0 Å². The molecule has 1 fully saturated rings. The molecule has 29 heavy (non-hydrogen) atoms. The molecule has 0 aliphatic carbocycles. The number of piperidine rings is 1. The second-order valence-electron chi connectivity index (χ2n) is 7.53. The van der Waals surface area contributed by atoms with Gasteiger partial charge >= 0.3 is 0 Å². The van der Waals surface area contributed by atoms with Crippen LogP contribution in [0.25, 0.3) is 10.9 Å². The van der Waals surface area contributed by atoms with Gasteiger partial charge in [-0.1, -0.05) is 36.2 Å². The van der Waals surface area contributed by atoms with Crippen molar-refractivity contribution in [1.29, 1.82) is 0 Å². The summed E-state index contributed by atoms with van der Waals surface area (Å²) in [6, 6.07) is 11.5. The lowest BCUT2D eigenvalue weighted by atomic mass is 10.00. The largest absolute Gasteiger partial charge is 0.495 e. The zero-order valence-electron chi connectivity index (χ0n) is 16.6. The van der Waals surface area contributed by atoms with Crippen LogP contribution in [-0.2, 0) is 6.54 Å². The van der Waals surface area contributed by atoms with Crippen molar-refractivity contribution < 1.29 is 4.74 Å². The maximum Gasteiger partial charge on any atom is 0.227 e. The molecule has 7 heteroatoms. The van der Waals surface area contributed by atoms with Gasteiger partial charge in [-0.3, -0.25) is 0 Å². The van der Waals surface area contributed by atoms with Gasteiger partial charge in [-0.2, -0.15) is 4.98 Å². The van der Waals surface area contributed by atoms with Gasteiger partial charge in [0, 0.05) is 30.0 Å². The summed E-state index contributed by atoms with van der Waals surface area (Å²) in [5.74, 6) is 2.96. The second kappa shape index (κ2) is 8.64. The summed E-state index contributed by atoms with van der Waals surface area (Å²) >= 11 is 12.5. The Kier molecular flexibility index (Phi) is 5.97. The van der Waals surface area contributed by atoms with Crippen LogP contribution in [0.5, 0.6) is 5.75 Å². The Bertz CT molecular complexity index is 1020. The lowest BCUT2D eigenvalue weighted by molar-refractivity contribution is 0.415. The van der Waals surface area contributed by atoms with Gasteiger partial charge in [0.25, 0.3) is 0 Å². The van der Waals surface area contributed by atoms with Gasteiger partial charge in [0.15, 0.2) is 0 Å². The molecular formula is C22H24Cl2N4O. The summed E-state index contributed by atoms with van der Waals surface area (Å²) in [5, 5.41) is 5.61. The Morgan fingerprint density at radius 2 is 1.90 bits per heavy atom. The highest BCUT2D eigenvalue weighted by molar-refractivity contribution is 6.32. The van der Waals surface area contributed by atoms with Gasteiger partial charge in [0.2, 0.25) is 5.95 Å². The van der Waals surface area contributed by atoms with E-state index >= 15 is 0 Å². The number of halogens is 2. The Hall–Kier alpha value is -2.24. The molecule has 0 amide bonds. The molecule has 1 aliphatic heterocycles. The number of hydrogen-bond donors (Lipinski definition) is 1. The van der Waals surface area contributed by atoms with Gasteiger partial charge in [0.05, 0.1) is 17.6 Å². The van der Waals surface area contributed by atoms with Crippen molar-refractivity contribution in [2.75, 3.05) is 30.4 Å². The van der Waals surface area contributed by atoms with Crippen molar-refractivity contribution in [3.63, 3.8) is 0 Å². The SMILES string of the molecule is COc1ccc(CNc2nc(N3CCC(C)CC3)nc3ccc(Cl)cc23)cc1Cl. The van der Waals surface area contributed by atoms with E-state index in [9.17, 15) is 0 Å². The standard InChI is InChI=1S/C22H24Cl2N4O/c1-14-7-9-28(10-8-14)22-26-19-5-4-16(23)12-17(19)21(27-22)25-13-15-3-6-20(29-2)18(24)11-15/h3-6,11-12,14H,7-10,13H2,1-2H3,(H,25,26,27). The van der Waals surface area contributed by atoms with Crippen LogP contribution in [0.2, 0.25) is 10.0 Å². The third kappa shape index (κ3) is 4.51. The number of methoxy groups -OCH3 is 1. The normalized spacial score (nSPS) is 15.0. The van der Waals surface area contributed by atoms with E-state index in [0.29, 0.717) is 22.3 Å². The average molecular weight is 431 g/mol. The number of aromatic nitrogens is 2. The molecule has 5 nitrogen and oxygen atoms in total. The van der Waals surface area contributed by atoms with Crippen LogP contribution in [-0.4, -0.2) is 30.2 Å². The molecule has 0 atom stereocenters. The molecule has 1 saturated heterocycles. The molecule has 0 radical (unpaired) electrons. The van der Waals surface area contributed by atoms with Crippen molar-refractivity contribution in [1.82, 2.24) is 9.97 Å². The molecule has 0 bridgehead atoms. The Morgan fingerprint density at radius 1 is 1.10 bits per heavy atom. The van der Waals surface area contributed by atoms with Crippen molar-refractivity contribution in [2.24, 2.45) is 5.92 Å². The van der Waals surface area contributed by atoms with Crippen LogP contribution in [0.1, 0.15) is 25.3 Å². The quantitative estimate of drug-likeness (QED) is 0.554. The Balaban J connectivity index is 1.64. The molecule has 152 valence electrons. The van der Waals surface area contributed by atoms with Crippen molar-refractivity contribution in [2.45, 2.75) is 26.3 Å². The first-order valence-corrected chi connectivity index (χ1v) is 10.6. The summed E-state index contributed by atoms with van der Waals surface area (Å²) in [7, 11) is 1.61. The summed E-state index contributed by atoms with van der Waals surface area (Å²) < 4.78 is 5.23. The first-order valence-electron chi connectivity index (χ1n) is 9.82. The summed E-state index contributed by atoms with van der Waals surface area (Å²) in [5.41, 5.74) is 1.92. The van der Waals surface area contributed by atoms with Gasteiger partial charge in [0.1, 0.15) is 11.6 Å². The predicted molar refractivity (Wildman–Crippen MR) is 120 cm³/mol. The Morgan fingerprint density at radius 3 is 2.62 bits per heavy atom. The molecule has 2 aromatic carbocycles. The van der Waals surface area contributed by atoms with E-state index in [1.807, 2.05) is 36.4 Å². The third-order valence-electron chi connectivity index (χ3n) is 5.39. The highest BCUT2D eigenvalue weighted by Gasteiger charge is 2.20. The number of fused-ring (bicyclic) bond motifs is 1. The number of rotatable bonds is 5. The van der Waals surface area contributed by atoms with Crippen LogP contribution in [0, 0.1) is 5.92 Å².